The van der Waals surface area contributed by atoms with Crippen LogP contribution in [0.5, 0.6) is 5.75 Å². The second kappa shape index (κ2) is 11.7. The van der Waals surface area contributed by atoms with Crippen LogP contribution in [0.3, 0.4) is 0 Å². The minimum atomic E-state index is -3.88. The minimum Gasteiger partial charge on any atom is -0.417 e. The van der Waals surface area contributed by atoms with E-state index in [1.54, 1.807) is 39.8 Å². The second-order valence-corrected chi connectivity index (χ2v) is 17.8. The van der Waals surface area contributed by atoms with Gasteiger partial charge in [-0.2, -0.15) is 0 Å². The summed E-state index contributed by atoms with van der Waals surface area (Å²) in [6, 6.07) is 3.85. The van der Waals surface area contributed by atoms with Gasteiger partial charge in [0.2, 0.25) is 0 Å². The van der Waals surface area contributed by atoms with Gasteiger partial charge < -0.3 is 8.95 Å². The fourth-order valence-corrected chi connectivity index (χ4v) is 5.94. The third kappa shape index (κ3) is 8.49. The van der Waals surface area contributed by atoms with Crippen LogP contribution in [-0.4, -0.2) is 27.1 Å². The molecule has 0 N–H and O–H groups in total. The molecule has 0 radical (unpaired) electrons. The number of hydrogen-bond donors (Lipinski definition) is 0. The third-order valence-corrected chi connectivity index (χ3v) is 12.5. The maximum atomic E-state index is 13.6. The van der Waals surface area contributed by atoms with E-state index in [9.17, 15) is 4.57 Å². The Labute approximate surface area is 209 Å². The second-order valence-electron chi connectivity index (χ2n) is 11.5. The van der Waals surface area contributed by atoms with Crippen molar-refractivity contribution in [3.8, 4) is 5.75 Å². The standard InChI is InChI=1S/C27H47O5PSi/c1-14-22-18-23(15-2)25(27(10,11)16-17-29-34(12,13)26(7,8)9)24(19-22)32-33(28,30-20(3)4)31-21(5)6/h14-15,18-21H,1-2,16-17H2,3-13H3. The van der Waals surface area contributed by atoms with Gasteiger partial charge >= 0.3 is 7.82 Å². The molecular formula is C27H47O5PSi. The molecule has 0 unspecified atom stereocenters. The summed E-state index contributed by atoms with van der Waals surface area (Å²) in [6.07, 6.45) is 3.61. The number of hydrogen-bond acceptors (Lipinski definition) is 5. The lowest BCUT2D eigenvalue weighted by Crippen LogP contribution is -2.41. The van der Waals surface area contributed by atoms with Gasteiger partial charge in [-0.15, -0.1) is 0 Å². The molecule has 0 saturated heterocycles. The lowest BCUT2D eigenvalue weighted by Gasteiger charge is -2.38. The van der Waals surface area contributed by atoms with Gasteiger partial charge in [0.05, 0.1) is 12.2 Å². The average Bonchev–Trinajstić information content (AvgIpc) is 2.64. The molecule has 194 valence electrons. The Bertz CT molecular complexity index is 883. The van der Waals surface area contributed by atoms with E-state index in [2.05, 4.69) is 60.9 Å². The van der Waals surface area contributed by atoms with E-state index in [-0.39, 0.29) is 22.7 Å². The normalized spacial score (nSPS) is 13.4. The molecule has 0 aromatic heterocycles. The topological polar surface area (TPSA) is 54.0 Å². The van der Waals surface area contributed by atoms with Gasteiger partial charge in [0, 0.05) is 12.2 Å². The summed E-state index contributed by atoms with van der Waals surface area (Å²) < 4.78 is 37.5. The Morgan fingerprint density at radius 3 is 1.91 bits per heavy atom. The maximum absolute atomic E-state index is 13.6. The van der Waals surface area contributed by atoms with E-state index in [1.165, 1.54) is 0 Å². The minimum absolute atomic E-state index is 0.137. The van der Waals surface area contributed by atoms with E-state index in [0.29, 0.717) is 12.4 Å². The first-order valence-corrected chi connectivity index (χ1v) is 16.5. The molecule has 0 aliphatic carbocycles. The average molecular weight is 511 g/mol. The number of benzene rings is 1. The van der Waals surface area contributed by atoms with Crippen LogP contribution >= 0.6 is 7.82 Å². The zero-order valence-corrected chi connectivity index (χ0v) is 25.2. The molecule has 5 nitrogen and oxygen atoms in total. The molecule has 0 spiro atoms. The summed E-state index contributed by atoms with van der Waals surface area (Å²) in [6.45, 7) is 31.3. The highest BCUT2D eigenvalue weighted by Gasteiger charge is 2.39. The molecule has 0 atom stereocenters. The van der Waals surface area contributed by atoms with Crippen molar-refractivity contribution in [1.29, 1.82) is 0 Å². The van der Waals surface area contributed by atoms with Crippen molar-refractivity contribution in [1.82, 2.24) is 0 Å². The fraction of sp³-hybridized carbons (Fsp3) is 0.630. The van der Waals surface area contributed by atoms with Crippen LogP contribution in [0.2, 0.25) is 18.1 Å². The molecule has 0 bridgehead atoms. The van der Waals surface area contributed by atoms with Crippen molar-refractivity contribution >= 4 is 28.3 Å². The van der Waals surface area contributed by atoms with E-state index in [1.807, 2.05) is 12.1 Å². The van der Waals surface area contributed by atoms with Gasteiger partial charge in [-0.3, -0.25) is 9.05 Å². The molecule has 0 fully saturated rings. The van der Waals surface area contributed by atoms with Gasteiger partial charge in [-0.1, -0.05) is 59.9 Å². The Balaban J connectivity index is 3.48. The summed E-state index contributed by atoms with van der Waals surface area (Å²) >= 11 is 0. The Morgan fingerprint density at radius 1 is 0.971 bits per heavy atom. The highest BCUT2D eigenvalue weighted by molar-refractivity contribution is 7.49. The third-order valence-electron chi connectivity index (χ3n) is 6.17. The van der Waals surface area contributed by atoms with Gasteiger partial charge in [0.15, 0.2) is 8.32 Å². The molecular weight excluding hydrogens is 463 g/mol. The SMILES string of the molecule is C=Cc1cc(C=C)c(C(C)(C)CCO[Si](C)(C)C(C)(C)C)c(OP(=O)(OC(C)C)OC(C)C)c1. The Hall–Kier alpha value is -1.17. The Kier molecular flexibility index (Phi) is 10.6. The molecule has 0 aliphatic rings. The first-order valence-electron chi connectivity index (χ1n) is 12.1. The molecule has 1 rings (SSSR count). The molecule has 7 heteroatoms. The summed E-state index contributed by atoms with van der Waals surface area (Å²) in [7, 11) is -5.76. The van der Waals surface area contributed by atoms with Gasteiger partial charge in [0.1, 0.15) is 5.75 Å². The maximum Gasteiger partial charge on any atom is 0.530 e. The monoisotopic (exact) mass is 510 g/mol. The van der Waals surface area contributed by atoms with Crippen LogP contribution in [0, 0.1) is 0 Å². The van der Waals surface area contributed by atoms with Crippen LogP contribution in [0.4, 0.5) is 0 Å². The van der Waals surface area contributed by atoms with Gasteiger partial charge in [-0.05, 0) is 80.9 Å². The quantitative estimate of drug-likeness (QED) is 0.196. The van der Waals surface area contributed by atoms with Crippen LogP contribution in [0.1, 0.15) is 85.4 Å². The van der Waals surface area contributed by atoms with E-state index >= 15 is 0 Å². The van der Waals surface area contributed by atoms with Crippen molar-refractivity contribution in [2.45, 2.75) is 104 Å². The molecule has 1 aromatic rings. The van der Waals surface area contributed by atoms with Crippen LogP contribution in [0.25, 0.3) is 12.2 Å². The Morgan fingerprint density at radius 2 is 1.50 bits per heavy atom. The zero-order valence-electron chi connectivity index (χ0n) is 23.3. The first kappa shape index (κ1) is 30.9. The molecule has 1 aromatic carbocycles. The summed E-state index contributed by atoms with van der Waals surface area (Å²) in [5.74, 6) is 0.453. The van der Waals surface area contributed by atoms with E-state index < -0.39 is 16.1 Å². The highest BCUT2D eigenvalue weighted by atomic mass is 31.2. The highest BCUT2D eigenvalue weighted by Crippen LogP contribution is 2.54. The molecule has 0 amide bonds. The molecule has 0 aliphatic heterocycles. The van der Waals surface area contributed by atoms with Gasteiger partial charge in [0.25, 0.3) is 0 Å². The summed E-state index contributed by atoms with van der Waals surface area (Å²) in [5, 5.41) is 0.137. The number of phosphoric ester groups is 1. The lowest BCUT2D eigenvalue weighted by atomic mass is 9.78. The number of rotatable bonds is 13. The van der Waals surface area contributed by atoms with Crippen molar-refractivity contribution in [3.05, 3.63) is 42.0 Å². The largest absolute Gasteiger partial charge is 0.530 e. The van der Waals surface area contributed by atoms with Crippen LogP contribution in [0.15, 0.2) is 25.3 Å². The fourth-order valence-electron chi connectivity index (χ4n) is 3.34. The molecule has 34 heavy (non-hydrogen) atoms. The van der Waals surface area contributed by atoms with Crippen molar-refractivity contribution < 1.29 is 22.6 Å². The van der Waals surface area contributed by atoms with Crippen molar-refractivity contribution in [2.24, 2.45) is 0 Å². The first-order chi connectivity index (χ1) is 15.4. The molecule has 0 saturated carbocycles. The molecule has 0 heterocycles. The lowest BCUT2D eigenvalue weighted by molar-refractivity contribution is 0.103. The summed E-state index contributed by atoms with van der Waals surface area (Å²) in [5.41, 5.74) is 2.27. The van der Waals surface area contributed by atoms with Gasteiger partial charge in [-0.25, -0.2) is 4.57 Å². The zero-order chi connectivity index (χ0) is 26.5. The summed E-state index contributed by atoms with van der Waals surface area (Å²) in [4.78, 5) is 0. The predicted octanol–water partition coefficient (Wildman–Crippen LogP) is 9.00. The van der Waals surface area contributed by atoms with Crippen LogP contribution < -0.4 is 4.52 Å². The van der Waals surface area contributed by atoms with E-state index in [0.717, 1.165) is 23.1 Å². The predicted molar refractivity (Wildman–Crippen MR) is 148 cm³/mol. The van der Waals surface area contributed by atoms with E-state index in [4.69, 9.17) is 18.0 Å². The van der Waals surface area contributed by atoms with Crippen molar-refractivity contribution in [3.63, 3.8) is 0 Å². The number of phosphoric acid groups is 1. The van der Waals surface area contributed by atoms with Crippen molar-refractivity contribution in [2.75, 3.05) is 6.61 Å². The smallest absolute Gasteiger partial charge is 0.417 e. The van der Waals surface area contributed by atoms with Crippen LogP contribution in [-0.2, 0) is 23.5 Å².